The van der Waals surface area contributed by atoms with Gasteiger partial charge in [-0.3, -0.25) is 4.79 Å². The smallest absolute Gasteiger partial charge is 0.328 e. The van der Waals surface area contributed by atoms with E-state index in [0.29, 0.717) is 18.1 Å². The Balaban J connectivity index is 2.70. The maximum Gasteiger partial charge on any atom is 0.328 e. The van der Waals surface area contributed by atoms with Gasteiger partial charge in [0, 0.05) is 23.6 Å². The summed E-state index contributed by atoms with van der Waals surface area (Å²) < 4.78 is 5.24. The number of carbonyl (C=O) groups is 2. The Morgan fingerprint density at radius 3 is 2.85 bits per heavy atom. The van der Waals surface area contributed by atoms with E-state index in [2.05, 4.69) is 5.32 Å². The van der Waals surface area contributed by atoms with Crippen molar-refractivity contribution in [2.75, 3.05) is 13.2 Å². The highest BCUT2D eigenvalue weighted by Gasteiger charge is 2.13. The average Bonchev–Trinajstić information content (AvgIpc) is 2.75. The molecule has 1 rings (SSSR count). The van der Waals surface area contributed by atoms with E-state index in [0.717, 1.165) is 16.5 Å². The van der Waals surface area contributed by atoms with E-state index < -0.39 is 5.97 Å². The van der Waals surface area contributed by atoms with Gasteiger partial charge in [-0.25, -0.2) is 4.79 Å². The molecule has 0 aliphatic heterocycles. The second kappa shape index (κ2) is 7.81. The van der Waals surface area contributed by atoms with E-state index in [1.54, 1.807) is 6.07 Å². The van der Waals surface area contributed by atoms with Crippen LogP contribution in [0.1, 0.15) is 34.0 Å². The Hall–Kier alpha value is -1.66. The average molecular weight is 297 g/mol. The van der Waals surface area contributed by atoms with Gasteiger partial charge in [0.2, 0.25) is 0 Å². The lowest BCUT2D eigenvalue weighted by atomic mass is 10.2. The Bertz CT molecular complexity index is 507. The summed E-state index contributed by atoms with van der Waals surface area (Å²) in [5, 5.41) is 11.5. The van der Waals surface area contributed by atoms with Crippen molar-refractivity contribution in [3.8, 4) is 0 Å². The van der Waals surface area contributed by atoms with Crippen LogP contribution in [0.25, 0.3) is 6.08 Å². The minimum atomic E-state index is -1.01. The van der Waals surface area contributed by atoms with Crippen molar-refractivity contribution in [3.05, 3.63) is 27.5 Å². The first-order chi connectivity index (χ1) is 9.43. The molecule has 0 spiro atoms. The van der Waals surface area contributed by atoms with Gasteiger partial charge in [0.1, 0.15) is 0 Å². The molecule has 1 amide bonds. The van der Waals surface area contributed by atoms with Gasteiger partial charge in [0.05, 0.1) is 11.5 Å². The fourth-order valence-corrected chi connectivity index (χ4v) is 2.53. The molecule has 0 saturated heterocycles. The molecule has 1 aromatic rings. The molecule has 1 atom stereocenters. The van der Waals surface area contributed by atoms with E-state index in [1.807, 2.05) is 20.8 Å². The van der Waals surface area contributed by atoms with Crippen molar-refractivity contribution in [2.24, 2.45) is 0 Å². The second-order valence-electron chi connectivity index (χ2n) is 4.36. The Labute approximate surface area is 122 Å². The van der Waals surface area contributed by atoms with Crippen LogP contribution in [0.2, 0.25) is 0 Å². The molecule has 0 aliphatic rings. The van der Waals surface area contributed by atoms with Crippen LogP contribution >= 0.6 is 11.3 Å². The van der Waals surface area contributed by atoms with Gasteiger partial charge in [-0.05, 0) is 38.5 Å². The maximum absolute atomic E-state index is 12.0. The number of rotatable bonds is 7. The number of thiophene rings is 1. The minimum Gasteiger partial charge on any atom is -0.478 e. The van der Waals surface area contributed by atoms with Crippen LogP contribution in [0, 0.1) is 6.92 Å². The standard InChI is InChI=1S/C14H19NO4S/c1-4-19-8-10(3)15-14(18)12-7-9(2)11(20-12)5-6-13(16)17/h5-7,10H,4,8H2,1-3H3,(H,15,18)(H,16,17)/b6-5+. The molecule has 0 fully saturated rings. The zero-order chi connectivity index (χ0) is 15.1. The van der Waals surface area contributed by atoms with Crippen molar-refractivity contribution in [1.29, 1.82) is 0 Å². The van der Waals surface area contributed by atoms with Crippen LogP contribution in [0.3, 0.4) is 0 Å². The molecule has 0 aliphatic carbocycles. The number of aryl methyl sites for hydroxylation is 1. The predicted octanol–water partition coefficient (Wildman–Crippen LogP) is 2.31. The predicted molar refractivity (Wildman–Crippen MR) is 79.1 cm³/mol. The fraction of sp³-hybridized carbons (Fsp3) is 0.429. The molecule has 1 aromatic heterocycles. The number of amides is 1. The second-order valence-corrected chi connectivity index (χ2v) is 5.45. The van der Waals surface area contributed by atoms with Gasteiger partial charge in [0.25, 0.3) is 5.91 Å². The lowest BCUT2D eigenvalue weighted by Gasteiger charge is -2.12. The third-order valence-electron chi connectivity index (χ3n) is 2.51. The van der Waals surface area contributed by atoms with Crippen LogP contribution < -0.4 is 5.32 Å². The SMILES string of the molecule is CCOCC(C)NC(=O)c1cc(C)c(/C=C/C(=O)O)s1. The lowest BCUT2D eigenvalue weighted by Crippen LogP contribution is -2.35. The Morgan fingerprint density at radius 1 is 1.55 bits per heavy atom. The summed E-state index contributed by atoms with van der Waals surface area (Å²) in [6.45, 7) is 6.71. The topological polar surface area (TPSA) is 75.6 Å². The molecule has 5 nitrogen and oxygen atoms in total. The number of carboxylic acids is 1. The van der Waals surface area contributed by atoms with Crippen molar-refractivity contribution in [1.82, 2.24) is 5.32 Å². The first kappa shape index (κ1) is 16.4. The molecule has 0 saturated carbocycles. The summed E-state index contributed by atoms with van der Waals surface area (Å²) >= 11 is 1.27. The largest absolute Gasteiger partial charge is 0.478 e. The number of carbonyl (C=O) groups excluding carboxylic acids is 1. The van der Waals surface area contributed by atoms with E-state index in [4.69, 9.17) is 9.84 Å². The molecule has 2 N–H and O–H groups in total. The third-order valence-corrected chi connectivity index (χ3v) is 3.71. The molecule has 1 unspecified atom stereocenters. The van der Waals surface area contributed by atoms with Gasteiger partial charge >= 0.3 is 5.97 Å². The van der Waals surface area contributed by atoms with E-state index in [1.165, 1.54) is 17.4 Å². The highest BCUT2D eigenvalue weighted by molar-refractivity contribution is 7.15. The van der Waals surface area contributed by atoms with Crippen molar-refractivity contribution >= 4 is 29.3 Å². The number of nitrogens with one attached hydrogen (secondary N) is 1. The molecular weight excluding hydrogens is 278 g/mol. The van der Waals surface area contributed by atoms with E-state index >= 15 is 0 Å². The van der Waals surface area contributed by atoms with E-state index in [-0.39, 0.29) is 11.9 Å². The molecular formula is C14H19NO4S. The molecule has 110 valence electrons. The molecule has 0 radical (unpaired) electrons. The zero-order valence-electron chi connectivity index (χ0n) is 11.8. The summed E-state index contributed by atoms with van der Waals surface area (Å²) in [6.07, 6.45) is 2.57. The summed E-state index contributed by atoms with van der Waals surface area (Å²) in [7, 11) is 0. The van der Waals surface area contributed by atoms with Crippen molar-refractivity contribution in [3.63, 3.8) is 0 Å². The summed E-state index contributed by atoms with van der Waals surface area (Å²) in [4.78, 5) is 23.9. The lowest BCUT2D eigenvalue weighted by molar-refractivity contribution is -0.131. The van der Waals surface area contributed by atoms with Gasteiger partial charge in [-0.1, -0.05) is 0 Å². The molecule has 1 heterocycles. The number of hydrogen-bond acceptors (Lipinski definition) is 4. The van der Waals surface area contributed by atoms with E-state index in [9.17, 15) is 9.59 Å². The quantitative estimate of drug-likeness (QED) is 0.757. The highest BCUT2D eigenvalue weighted by Crippen LogP contribution is 2.23. The van der Waals surface area contributed by atoms with Crippen molar-refractivity contribution < 1.29 is 19.4 Å². The van der Waals surface area contributed by atoms with Crippen LogP contribution in [0.4, 0.5) is 0 Å². The molecule has 6 heteroatoms. The number of ether oxygens (including phenoxy) is 1. The van der Waals surface area contributed by atoms with Crippen LogP contribution in [0.15, 0.2) is 12.1 Å². The first-order valence-corrected chi connectivity index (χ1v) is 7.15. The van der Waals surface area contributed by atoms with Gasteiger partial charge < -0.3 is 15.2 Å². The zero-order valence-corrected chi connectivity index (χ0v) is 12.6. The molecule has 20 heavy (non-hydrogen) atoms. The van der Waals surface area contributed by atoms with Crippen LogP contribution in [0.5, 0.6) is 0 Å². The normalized spacial score (nSPS) is 12.6. The van der Waals surface area contributed by atoms with Gasteiger partial charge in [0.15, 0.2) is 0 Å². The van der Waals surface area contributed by atoms with Crippen molar-refractivity contribution in [2.45, 2.75) is 26.8 Å². The monoisotopic (exact) mass is 297 g/mol. The summed E-state index contributed by atoms with van der Waals surface area (Å²) in [5.74, 6) is -1.17. The summed E-state index contributed by atoms with van der Waals surface area (Å²) in [5.41, 5.74) is 0.884. The third kappa shape index (κ3) is 5.14. The summed E-state index contributed by atoms with van der Waals surface area (Å²) in [6, 6.07) is 1.69. The fourth-order valence-electron chi connectivity index (χ4n) is 1.55. The number of hydrogen-bond donors (Lipinski definition) is 2. The Kier molecular flexibility index (Phi) is 6.41. The van der Waals surface area contributed by atoms with Gasteiger partial charge in [-0.15, -0.1) is 11.3 Å². The first-order valence-electron chi connectivity index (χ1n) is 6.34. The number of aliphatic carboxylic acids is 1. The van der Waals surface area contributed by atoms with Crippen LogP contribution in [-0.2, 0) is 9.53 Å². The van der Waals surface area contributed by atoms with Gasteiger partial charge in [-0.2, -0.15) is 0 Å². The highest BCUT2D eigenvalue weighted by atomic mass is 32.1. The minimum absolute atomic E-state index is 0.0668. The molecule has 0 bridgehead atoms. The Morgan fingerprint density at radius 2 is 2.25 bits per heavy atom. The number of carboxylic acid groups (broad SMARTS) is 1. The molecule has 0 aromatic carbocycles. The van der Waals surface area contributed by atoms with Crippen LogP contribution in [-0.4, -0.2) is 36.2 Å². The maximum atomic E-state index is 12.0.